The standard InChI is InChI=1S/C14H17N3S/c15-8-12-17-13(11-6-3-7-16-9-11)14(18-12)10-4-1-2-5-10/h3,6-7,9-10H,1-2,4-5,8,15H2. The summed E-state index contributed by atoms with van der Waals surface area (Å²) in [5.74, 6) is 0.679. The first-order chi connectivity index (χ1) is 8.88. The highest BCUT2D eigenvalue weighted by atomic mass is 32.1. The summed E-state index contributed by atoms with van der Waals surface area (Å²) in [4.78, 5) is 10.3. The third-order valence-corrected chi connectivity index (χ3v) is 4.77. The monoisotopic (exact) mass is 259 g/mol. The quantitative estimate of drug-likeness (QED) is 0.920. The summed E-state index contributed by atoms with van der Waals surface area (Å²) in [6.45, 7) is 0.532. The van der Waals surface area contributed by atoms with Crippen LogP contribution in [0.3, 0.4) is 0 Å². The van der Waals surface area contributed by atoms with E-state index in [4.69, 9.17) is 10.7 Å². The van der Waals surface area contributed by atoms with Gasteiger partial charge in [-0.05, 0) is 30.9 Å². The van der Waals surface area contributed by atoms with Crippen molar-refractivity contribution in [3.8, 4) is 11.3 Å². The Bertz CT molecular complexity index is 515. The van der Waals surface area contributed by atoms with Gasteiger partial charge in [-0.15, -0.1) is 11.3 Å². The number of rotatable bonds is 3. The Labute approximate surface area is 111 Å². The zero-order chi connectivity index (χ0) is 12.4. The molecule has 0 saturated heterocycles. The van der Waals surface area contributed by atoms with E-state index in [1.54, 1.807) is 17.5 Å². The van der Waals surface area contributed by atoms with Gasteiger partial charge in [-0.25, -0.2) is 4.98 Å². The van der Waals surface area contributed by atoms with Gasteiger partial charge in [0, 0.05) is 29.4 Å². The van der Waals surface area contributed by atoms with E-state index < -0.39 is 0 Å². The van der Waals surface area contributed by atoms with Gasteiger partial charge in [0.05, 0.1) is 5.69 Å². The predicted octanol–water partition coefficient (Wildman–Crippen LogP) is 3.32. The molecular weight excluding hydrogens is 242 g/mol. The average molecular weight is 259 g/mol. The Hall–Kier alpha value is -1.26. The van der Waals surface area contributed by atoms with Crippen LogP contribution in [0, 0.1) is 0 Å². The molecule has 1 aliphatic carbocycles. The molecule has 0 bridgehead atoms. The highest BCUT2D eigenvalue weighted by Gasteiger charge is 2.24. The minimum absolute atomic E-state index is 0.532. The molecule has 3 nitrogen and oxygen atoms in total. The van der Waals surface area contributed by atoms with Crippen LogP contribution in [0.2, 0.25) is 0 Å². The summed E-state index contributed by atoms with van der Waals surface area (Å²) in [7, 11) is 0. The van der Waals surface area contributed by atoms with Crippen molar-refractivity contribution in [2.75, 3.05) is 0 Å². The molecule has 1 saturated carbocycles. The lowest BCUT2D eigenvalue weighted by Gasteiger charge is -2.08. The van der Waals surface area contributed by atoms with Crippen LogP contribution < -0.4 is 5.73 Å². The topological polar surface area (TPSA) is 51.8 Å². The van der Waals surface area contributed by atoms with Crippen LogP contribution in [-0.4, -0.2) is 9.97 Å². The molecule has 3 rings (SSSR count). The predicted molar refractivity (Wildman–Crippen MR) is 74.4 cm³/mol. The molecule has 0 aliphatic heterocycles. The number of thiazole rings is 1. The zero-order valence-electron chi connectivity index (χ0n) is 10.3. The molecular formula is C14H17N3S. The van der Waals surface area contributed by atoms with Crippen LogP contribution in [-0.2, 0) is 6.54 Å². The van der Waals surface area contributed by atoms with Crippen molar-refractivity contribution in [2.24, 2.45) is 5.73 Å². The molecule has 1 fully saturated rings. The van der Waals surface area contributed by atoms with Gasteiger partial charge in [0.1, 0.15) is 5.01 Å². The molecule has 0 aromatic carbocycles. The molecule has 18 heavy (non-hydrogen) atoms. The van der Waals surface area contributed by atoms with E-state index in [9.17, 15) is 0 Å². The highest BCUT2D eigenvalue weighted by Crippen LogP contribution is 2.42. The maximum atomic E-state index is 5.74. The van der Waals surface area contributed by atoms with Gasteiger partial charge >= 0.3 is 0 Å². The van der Waals surface area contributed by atoms with E-state index in [1.807, 2.05) is 12.3 Å². The summed E-state index contributed by atoms with van der Waals surface area (Å²) in [6.07, 6.45) is 8.96. The lowest BCUT2D eigenvalue weighted by molar-refractivity contribution is 0.738. The van der Waals surface area contributed by atoms with Crippen molar-refractivity contribution in [3.05, 3.63) is 34.4 Å². The van der Waals surface area contributed by atoms with E-state index >= 15 is 0 Å². The van der Waals surface area contributed by atoms with Crippen LogP contribution in [0.15, 0.2) is 24.5 Å². The molecule has 94 valence electrons. The van der Waals surface area contributed by atoms with Gasteiger partial charge in [-0.3, -0.25) is 4.98 Å². The van der Waals surface area contributed by atoms with Crippen LogP contribution in [0.1, 0.15) is 41.5 Å². The molecule has 1 aliphatic rings. The van der Waals surface area contributed by atoms with Crippen molar-refractivity contribution in [2.45, 2.75) is 38.1 Å². The summed E-state index contributed by atoms with van der Waals surface area (Å²) < 4.78 is 0. The first kappa shape index (κ1) is 11.8. The molecule has 0 amide bonds. The van der Waals surface area contributed by atoms with Gasteiger partial charge in [-0.1, -0.05) is 12.8 Å². The molecule has 2 aromatic rings. The maximum Gasteiger partial charge on any atom is 0.107 e. The molecule has 4 heteroatoms. The number of hydrogen-bond donors (Lipinski definition) is 1. The Morgan fingerprint density at radius 2 is 2.17 bits per heavy atom. The summed E-state index contributed by atoms with van der Waals surface area (Å²) in [5.41, 5.74) is 7.97. The van der Waals surface area contributed by atoms with Gasteiger partial charge in [-0.2, -0.15) is 0 Å². The Balaban J connectivity index is 2.04. The smallest absolute Gasteiger partial charge is 0.107 e. The second-order valence-electron chi connectivity index (χ2n) is 4.75. The minimum Gasteiger partial charge on any atom is -0.325 e. The molecule has 2 N–H and O–H groups in total. The highest BCUT2D eigenvalue weighted by molar-refractivity contribution is 7.12. The molecule has 0 unspecified atom stereocenters. The van der Waals surface area contributed by atoms with Crippen molar-refractivity contribution in [1.82, 2.24) is 9.97 Å². The number of hydrogen-bond acceptors (Lipinski definition) is 4. The van der Waals surface area contributed by atoms with E-state index in [-0.39, 0.29) is 0 Å². The molecule has 0 radical (unpaired) electrons. The number of nitrogens with zero attached hydrogens (tertiary/aromatic N) is 2. The van der Waals surface area contributed by atoms with Gasteiger partial charge in [0.15, 0.2) is 0 Å². The molecule has 2 aromatic heterocycles. The van der Waals surface area contributed by atoms with Crippen LogP contribution in [0.5, 0.6) is 0 Å². The van der Waals surface area contributed by atoms with Crippen LogP contribution in [0.4, 0.5) is 0 Å². The molecule has 0 spiro atoms. The van der Waals surface area contributed by atoms with Crippen LogP contribution in [0.25, 0.3) is 11.3 Å². The van der Waals surface area contributed by atoms with Crippen molar-refractivity contribution < 1.29 is 0 Å². The SMILES string of the molecule is NCc1nc(-c2cccnc2)c(C2CCCC2)s1. The Morgan fingerprint density at radius 1 is 1.33 bits per heavy atom. The second kappa shape index (κ2) is 5.16. The first-order valence-electron chi connectivity index (χ1n) is 6.48. The number of nitrogens with two attached hydrogens (primary N) is 1. The van der Waals surface area contributed by atoms with Crippen molar-refractivity contribution in [1.29, 1.82) is 0 Å². The third kappa shape index (κ3) is 2.18. The molecule has 0 atom stereocenters. The summed E-state index contributed by atoms with van der Waals surface area (Å²) in [6, 6.07) is 4.05. The van der Waals surface area contributed by atoms with Crippen molar-refractivity contribution in [3.63, 3.8) is 0 Å². The fraction of sp³-hybridized carbons (Fsp3) is 0.429. The summed E-state index contributed by atoms with van der Waals surface area (Å²) >= 11 is 1.79. The van der Waals surface area contributed by atoms with E-state index in [1.165, 1.54) is 30.6 Å². The van der Waals surface area contributed by atoms with E-state index in [0.717, 1.165) is 16.3 Å². The van der Waals surface area contributed by atoms with Gasteiger partial charge in [0.2, 0.25) is 0 Å². The van der Waals surface area contributed by atoms with Gasteiger partial charge in [0.25, 0.3) is 0 Å². The number of pyridine rings is 1. The second-order valence-corrected chi connectivity index (χ2v) is 5.86. The Kier molecular flexibility index (Phi) is 3.39. The van der Waals surface area contributed by atoms with Crippen LogP contribution >= 0.6 is 11.3 Å². The van der Waals surface area contributed by atoms with E-state index in [0.29, 0.717) is 12.5 Å². The summed E-state index contributed by atoms with van der Waals surface area (Å²) in [5, 5.41) is 1.04. The maximum absolute atomic E-state index is 5.74. The number of aromatic nitrogens is 2. The van der Waals surface area contributed by atoms with E-state index in [2.05, 4.69) is 11.1 Å². The lowest BCUT2D eigenvalue weighted by atomic mass is 10.0. The first-order valence-corrected chi connectivity index (χ1v) is 7.30. The fourth-order valence-corrected chi connectivity index (χ4v) is 3.78. The molecule has 2 heterocycles. The third-order valence-electron chi connectivity index (χ3n) is 3.53. The lowest BCUT2D eigenvalue weighted by Crippen LogP contribution is -1.94. The van der Waals surface area contributed by atoms with Gasteiger partial charge < -0.3 is 5.73 Å². The fourth-order valence-electron chi connectivity index (χ4n) is 2.64. The zero-order valence-corrected chi connectivity index (χ0v) is 11.1. The largest absolute Gasteiger partial charge is 0.325 e. The normalized spacial score (nSPS) is 16.3. The minimum atomic E-state index is 0.532. The van der Waals surface area contributed by atoms with Crippen molar-refractivity contribution >= 4 is 11.3 Å². The Morgan fingerprint density at radius 3 is 2.83 bits per heavy atom. The average Bonchev–Trinajstić information content (AvgIpc) is 3.08.